The molecule has 0 unspecified atom stereocenters. The van der Waals surface area contributed by atoms with Gasteiger partial charge in [-0.3, -0.25) is 9.48 Å². The smallest absolute Gasteiger partial charge is 0.251 e. The molecule has 3 N–H and O–H groups in total. The van der Waals surface area contributed by atoms with E-state index >= 15 is 0 Å². The van der Waals surface area contributed by atoms with Gasteiger partial charge in [-0.05, 0) is 51.3 Å². The van der Waals surface area contributed by atoms with Gasteiger partial charge in [0.05, 0.1) is 30.2 Å². The summed E-state index contributed by atoms with van der Waals surface area (Å²) in [6.45, 7) is 6.05. The fraction of sp³-hybridized carbons (Fsp3) is 0.409. The number of benzene rings is 1. The number of H-pyrrole nitrogens is 1. The molecule has 0 spiro atoms. The Morgan fingerprint density at radius 2 is 2.20 bits per heavy atom. The maximum Gasteiger partial charge on any atom is 0.251 e. The molecule has 158 valence electrons. The molecule has 8 heteroatoms. The zero-order chi connectivity index (χ0) is 21.5. The number of nitrogens with one attached hydrogen (secondary N) is 2. The van der Waals surface area contributed by atoms with E-state index < -0.39 is 5.67 Å². The quantitative estimate of drug-likeness (QED) is 0.503. The molecule has 1 fully saturated rings. The molecule has 4 rings (SSSR count). The third-order valence-corrected chi connectivity index (χ3v) is 5.40. The van der Waals surface area contributed by atoms with Gasteiger partial charge in [0.15, 0.2) is 5.88 Å². The van der Waals surface area contributed by atoms with E-state index in [0.29, 0.717) is 52.7 Å². The van der Waals surface area contributed by atoms with Crippen molar-refractivity contribution in [2.75, 3.05) is 6.54 Å². The molecule has 0 radical (unpaired) electrons. The molecule has 7 nitrogen and oxygen atoms in total. The van der Waals surface area contributed by atoms with Crippen LogP contribution in [0, 0.1) is 0 Å². The van der Waals surface area contributed by atoms with Gasteiger partial charge in [0.2, 0.25) is 0 Å². The van der Waals surface area contributed by atoms with E-state index in [-0.39, 0.29) is 24.4 Å². The number of hydrogen-bond acceptors (Lipinski definition) is 4. The van der Waals surface area contributed by atoms with E-state index in [1.165, 1.54) is 0 Å². The molecule has 2 heterocycles. The van der Waals surface area contributed by atoms with Crippen LogP contribution in [-0.4, -0.2) is 43.7 Å². The molecule has 1 amide bonds. The molecule has 0 bridgehead atoms. The van der Waals surface area contributed by atoms with E-state index in [0.717, 1.165) is 0 Å². The summed E-state index contributed by atoms with van der Waals surface area (Å²) in [6, 6.07) is 5.32. The maximum absolute atomic E-state index is 13.8. The second kappa shape index (κ2) is 7.59. The number of amides is 1. The maximum atomic E-state index is 13.8. The van der Waals surface area contributed by atoms with Crippen LogP contribution in [0.2, 0.25) is 0 Å². The van der Waals surface area contributed by atoms with Gasteiger partial charge in [0, 0.05) is 22.5 Å². The van der Waals surface area contributed by atoms with Gasteiger partial charge in [-0.15, -0.1) is 0 Å². The van der Waals surface area contributed by atoms with Crippen LogP contribution in [0.4, 0.5) is 10.1 Å². The summed E-state index contributed by atoms with van der Waals surface area (Å²) < 4.78 is 15.7. The first-order valence-corrected chi connectivity index (χ1v) is 10.2. The monoisotopic (exact) mass is 411 g/mol. The first kappa shape index (κ1) is 20.1. The van der Waals surface area contributed by atoms with E-state index in [1.807, 2.05) is 31.6 Å². The third-order valence-electron chi connectivity index (χ3n) is 5.40. The van der Waals surface area contributed by atoms with Gasteiger partial charge in [-0.25, -0.2) is 9.38 Å². The van der Waals surface area contributed by atoms with Crippen molar-refractivity contribution in [2.24, 2.45) is 4.99 Å². The van der Waals surface area contributed by atoms with Crippen LogP contribution in [0.25, 0.3) is 10.9 Å². The van der Waals surface area contributed by atoms with Crippen molar-refractivity contribution in [2.45, 2.75) is 51.7 Å². The van der Waals surface area contributed by atoms with Gasteiger partial charge >= 0.3 is 0 Å². The Labute approximate surface area is 174 Å². The number of carbonyl (C=O) groups excluding carboxylic acids is 1. The third kappa shape index (κ3) is 3.94. The predicted molar refractivity (Wildman–Crippen MR) is 114 cm³/mol. The van der Waals surface area contributed by atoms with Crippen molar-refractivity contribution in [3.8, 4) is 5.88 Å². The topological polar surface area (TPSA) is 95.3 Å². The number of nitrogens with zero attached hydrogens (tertiary/aromatic N) is 3. The first-order valence-electron chi connectivity index (χ1n) is 10.2. The lowest BCUT2D eigenvalue weighted by Crippen LogP contribution is -2.31. The summed E-state index contributed by atoms with van der Waals surface area (Å²) in [5.41, 5.74) is 1.79. The second-order valence-corrected chi connectivity index (χ2v) is 8.13. The van der Waals surface area contributed by atoms with Crippen LogP contribution in [0.15, 0.2) is 35.6 Å². The summed E-state index contributed by atoms with van der Waals surface area (Å²) >= 11 is 0. The van der Waals surface area contributed by atoms with Gasteiger partial charge in [0.25, 0.3) is 5.91 Å². The average Bonchev–Trinajstić information content (AvgIpc) is 3.13. The molecule has 1 saturated carbocycles. The Morgan fingerprint density at radius 3 is 2.83 bits per heavy atom. The Kier molecular flexibility index (Phi) is 5.09. The number of aromatic hydroxyl groups is 1. The summed E-state index contributed by atoms with van der Waals surface area (Å²) in [5, 5.41) is 18.2. The number of fused-ring (bicyclic) bond motifs is 1. The summed E-state index contributed by atoms with van der Waals surface area (Å²) in [4.78, 5) is 20.1. The summed E-state index contributed by atoms with van der Waals surface area (Å²) in [5.74, 6) is -0.333. The van der Waals surface area contributed by atoms with Crippen molar-refractivity contribution in [3.63, 3.8) is 0 Å². The molecule has 1 aliphatic carbocycles. The molecule has 30 heavy (non-hydrogen) atoms. The minimum absolute atomic E-state index is 0.0000936. The van der Waals surface area contributed by atoms with Crippen LogP contribution >= 0.6 is 0 Å². The highest BCUT2D eigenvalue weighted by atomic mass is 19.1. The highest BCUT2D eigenvalue weighted by molar-refractivity contribution is 6.14. The first-order chi connectivity index (χ1) is 14.3. The number of hydrogen-bond donors (Lipinski definition) is 3. The molecule has 1 aromatic carbocycles. The molecule has 3 aromatic rings. The van der Waals surface area contributed by atoms with Crippen LogP contribution < -0.4 is 5.32 Å². The lowest BCUT2D eigenvalue weighted by Gasteiger charge is -2.08. The summed E-state index contributed by atoms with van der Waals surface area (Å²) in [6.07, 6.45) is 5.10. The lowest BCUT2D eigenvalue weighted by atomic mass is 10.0. The SMILES string of the molecule is CCC(=Nc1cnn(C(C)C)c1)c1c(O)[nH]c2ccc(C(=O)NCC3(F)CC3)cc12. The zero-order valence-electron chi connectivity index (χ0n) is 17.4. The van der Waals surface area contributed by atoms with Gasteiger partial charge in [0.1, 0.15) is 11.4 Å². The van der Waals surface area contributed by atoms with Crippen LogP contribution in [-0.2, 0) is 0 Å². The number of alkyl halides is 1. The number of aliphatic imine (C=N–C) groups is 1. The van der Waals surface area contributed by atoms with E-state index in [1.54, 1.807) is 24.4 Å². The van der Waals surface area contributed by atoms with Crippen molar-refractivity contribution in [1.29, 1.82) is 0 Å². The summed E-state index contributed by atoms with van der Waals surface area (Å²) in [7, 11) is 0. The Bertz CT molecular complexity index is 1120. The van der Waals surface area contributed by atoms with Crippen molar-refractivity contribution in [1.82, 2.24) is 20.1 Å². The van der Waals surface area contributed by atoms with Crippen molar-refractivity contribution >= 4 is 28.2 Å². The fourth-order valence-electron chi connectivity index (χ4n) is 3.40. The molecule has 0 aliphatic heterocycles. The number of halogens is 1. The number of aromatic amines is 1. The predicted octanol–water partition coefficient (Wildman–Crippen LogP) is 4.41. The largest absolute Gasteiger partial charge is 0.494 e. The van der Waals surface area contributed by atoms with Gasteiger partial charge in [-0.1, -0.05) is 6.92 Å². The average molecular weight is 411 g/mol. The van der Waals surface area contributed by atoms with E-state index in [2.05, 4.69) is 20.4 Å². The highest BCUT2D eigenvalue weighted by Gasteiger charge is 2.43. The van der Waals surface area contributed by atoms with Crippen LogP contribution in [0.5, 0.6) is 5.88 Å². The van der Waals surface area contributed by atoms with Crippen molar-refractivity contribution < 1.29 is 14.3 Å². The van der Waals surface area contributed by atoms with Gasteiger partial charge in [-0.2, -0.15) is 5.10 Å². The molecule has 2 aromatic heterocycles. The molecular formula is C22H26FN5O2. The molecular weight excluding hydrogens is 385 g/mol. The Morgan fingerprint density at radius 1 is 1.43 bits per heavy atom. The highest BCUT2D eigenvalue weighted by Crippen LogP contribution is 2.39. The molecule has 0 saturated heterocycles. The minimum Gasteiger partial charge on any atom is -0.494 e. The lowest BCUT2D eigenvalue weighted by molar-refractivity contribution is 0.0938. The normalized spacial score (nSPS) is 15.7. The van der Waals surface area contributed by atoms with Crippen molar-refractivity contribution in [3.05, 3.63) is 41.7 Å². The number of carbonyl (C=O) groups is 1. The zero-order valence-corrected chi connectivity index (χ0v) is 17.4. The number of aromatic nitrogens is 3. The standard InChI is InChI=1S/C22H26FN5O2/c1-4-17(26-15-10-25-28(11-15)13(2)3)19-16-9-14(5-6-18(16)27-21(19)30)20(29)24-12-22(23)7-8-22/h5-6,9-11,13,27,30H,4,7-8,12H2,1-3H3,(H,24,29). The van der Waals surface area contributed by atoms with Gasteiger partial charge < -0.3 is 15.4 Å². The van der Waals surface area contributed by atoms with E-state index in [4.69, 9.17) is 0 Å². The Hall–Kier alpha value is -3.16. The fourth-order valence-corrected chi connectivity index (χ4v) is 3.40. The Balaban J connectivity index is 1.68. The molecule has 1 aliphatic rings. The van der Waals surface area contributed by atoms with Crippen LogP contribution in [0.1, 0.15) is 62.0 Å². The second-order valence-electron chi connectivity index (χ2n) is 8.13. The van der Waals surface area contributed by atoms with E-state index in [9.17, 15) is 14.3 Å². The van der Waals surface area contributed by atoms with Crippen LogP contribution in [0.3, 0.4) is 0 Å². The number of rotatable bonds is 7. The minimum atomic E-state index is -1.25. The molecule has 0 atom stereocenters.